The van der Waals surface area contributed by atoms with Crippen molar-refractivity contribution in [1.82, 2.24) is 34.7 Å². The smallest absolute Gasteiger partial charge is 0.410 e. The molecule has 0 radical (unpaired) electrons. The van der Waals surface area contributed by atoms with E-state index in [1.807, 2.05) is 80.4 Å². The number of nitrogens with zero attached hydrogens (tertiary/aromatic N) is 6. The predicted octanol–water partition coefficient (Wildman–Crippen LogP) is 7.58. The van der Waals surface area contributed by atoms with Gasteiger partial charge in [-0.15, -0.1) is 5.10 Å². The van der Waals surface area contributed by atoms with Gasteiger partial charge >= 0.3 is 6.09 Å². The molecular formula is C39H44ClN7O3. The highest BCUT2D eigenvalue weighted by atomic mass is 35.5. The first-order valence-corrected chi connectivity index (χ1v) is 17.7. The van der Waals surface area contributed by atoms with Gasteiger partial charge in [0.1, 0.15) is 5.60 Å². The zero-order chi connectivity index (χ0) is 35.3. The van der Waals surface area contributed by atoms with Crippen LogP contribution in [0.4, 0.5) is 4.79 Å². The lowest BCUT2D eigenvalue weighted by Gasteiger charge is -2.44. The second kappa shape index (κ2) is 13.2. The van der Waals surface area contributed by atoms with Gasteiger partial charge < -0.3 is 19.5 Å². The number of hydrogen-bond acceptors (Lipinski definition) is 6. The molecule has 2 aliphatic rings. The van der Waals surface area contributed by atoms with Crippen LogP contribution in [0.3, 0.4) is 0 Å². The highest BCUT2D eigenvalue weighted by molar-refractivity contribution is 6.31. The Labute approximate surface area is 298 Å². The topological polar surface area (TPSA) is 99.6 Å². The third kappa shape index (κ3) is 6.50. The number of nitrogens with one attached hydrogen (secondary N) is 1. The van der Waals surface area contributed by atoms with Crippen LogP contribution < -0.4 is 0 Å². The van der Waals surface area contributed by atoms with Crippen LogP contribution in [0.15, 0.2) is 79.0 Å². The van der Waals surface area contributed by atoms with E-state index in [0.29, 0.717) is 36.8 Å². The number of ether oxygens (including phenoxy) is 1. The minimum Gasteiger partial charge on any atom is -0.444 e. The number of carbonyl (C=O) groups excluding carboxylic acids is 2. The maximum absolute atomic E-state index is 14.4. The molecule has 7 rings (SSSR count). The van der Waals surface area contributed by atoms with E-state index in [1.165, 1.54) is 5.56 Å². The van der Waals surface area contributed by atoms with Crippen LogP contribution in [0.2, 0.25) is 5.02 Å². The van der Waals surface area contributed by atoms with Crippen molar-refractivity contribution in [3.8, 4) is 5.69 Å². The van der Waals surface area contributed by atoms with E-state index >= 15 is 0 Å². The molecule has 4 atom stereocenters. The maximum atomic E-state index is 14.4. The number of rotatable bonds is 5. The minimum atomic E-state index is -0.535. The van der Waals surface area contributed by atoms with Gasteiger partial charge in [0.05, 0.1) is 23.6 Å². The van der Waals surface area contributed by atoms with Crippen LogP contribution in [-0.2, 0) is 11.3 Å². The number of hydrogen-bond donors (Lipinski definition) is 1. The SMILES string of the molecule is CC1c2[nH]c3ccccc3c2C(c2ccccc2Cl)CN1C(=O)c1cccc(-n2cc(CN3[C@H](C)CN(C(=O)OC(C)(C)C)C[C@@H]3C)nn2)c1. The predicted molar refractivity (Wildman–Crippen MR) is 195 cm³/mol. The molecule has 2 aromatic heterocycles. The number of para-hydroxylation sites is 1. The van der Waals surface area contributed by atoms with Gasteiger partial charge in [-0.3, -0.25) is 9.69 Å². The van der Waals surface area contributed by atoms with E-state index in [-0.39, 0.29) is 36.0 Å². The lowest BCUT2D eigenvalue weighted by Crippen LogP contribution is -2.58. The zero-order valence-electron chi connectivity index (χ0n) is 29.4. The molecule has 50 heavy (non-hydrogen) atoms. The number of halogens is 1. The van der Waals surface area contributed by atoms with Crippen molar-refractivity contribution in [1.29, 1.82) is 0 Å². The number of piperazine rings is 1. The minimum absolute atomic E-state index is 0.0634. The first kappa shape index (κ1) is 33.8. The molecule has 0 spiro atoms. The molecule has 4 heterocycles. The summed E-state index contributed by atoms with van der Waals surface area (Å²) in [5.74, 6) is -0.154. The fourth-order valence-corrected chi connectivity index (χ4v) is 7.80. The molecule has 2 unspecified atom stereocenters. The number of H-pyrrole nitrogens is 1. The van der Waals surface area contributed by atoms with Crippen LogP contribution in [-0.4, -0.2) is 84.0 Å². The summed E-state index contributed by atoms with van der Waals surface area (Å²) in [6, 6.07) is 23.8. The summed E-state index contributed by atoms with van der Waals surface area (Å²) in [5, 5.41) is 10.8. The average Bonchev–Trinajstić information content (AvgIpc) is 3.72. The Morgan fingerprint density at radius 2 is 1.66 bits per heavy atom. The highest BCUT2D eigenvalue weighted by Crippen LogP contribution is 2.45. The van der Waals surface area contributed by atoms with Crippen molar-refractivity contribution >= 4 is 34.5 Å². The van der Waals surface area contributed by atoms with Crippen LogP contribution in [0.25, 0.3) is 16.6 Å². The Kier molecular flexibility index (Phi) is 8.94. The maximum Gasteiger partial charge on any atom is 0.410 e. The second-order valence-electron chi connectivity index (χ2n) is 14.7. The zero-order valence-corrected chi connectivity index (χ0v) is 30.2. The third-order valence-electron chi connectivity index (χ3n) is 9.93. The molecule has 10 nitrogen and oxygen atoms in total. The molecule has 1 N–H and O–H groups in total. The van der Waals surface area contributed by atoms with E-state index in [9.17, 15) is 9.59 Å². The van der Waals surface area contributed by atoms with Gasteiger partial charge in [-0.2, -0.15) is 0 Å². The lowest BCUT2D eigenvalue weighted by atomic mass is 9.83. The van der Waals surface area contributed by atoms with Crippen molar-refractivity contribution < 1.29 is 14.3 Å². The lowest BCUT2D eigenvalue weighted by molar-refractivity contribution is -0.00997. The number of benzene rings is 3. The van der Waals surface area contributed by atoms with E-state index in [0.717, 1.165) is 33.5 Å². The number of aromatic amines is 1. The molecule has 0 saturated carbocycles. The van der Waals surface area contributed by atoms with E-state index in [4.69, 9.17) is 16.3 Å². The Hall–Kier alpha value is -4.67. The second-order valence-corrected chi connectivity index (χ2v) is 15.1. The van der Waals surface area contributed by atoms with Crippen molar-refractivity contribution in [2.24, 2.45) is 0 Å². The van der Waals surface area contributed by atoms with Crippen molar-refractivity contribution in [3.63, 3.8) is 0 Å². The number of fused-ring (bicyclic) bond motifs is 3. The summed E-state index contributed by atoms with van der Waals surface area (Å²) in [5.41, 5.74) is 5.88. The summed E-state index contributed by atoms with van der Waals surface area (Å²) in [6.45, 7) is 14.2. The van der Waals surface area contributed by atoms with E-state index in [1.54, 1.807) is 9.58 Å². The highest BCUT2D eigenvalue weighted by Gasteiger charge is 2.38. The van der Waals surface area contributed by atoms with Crippen molar-refractivity contribution in [3.05, 3.63) is 112 Å². The molecule has 3 aromatic carbocycles. The molecule has 2 amide bonds. The Morgan fingerprint density at radius 3 is 2.40 bits per heavy atom. The summed E-state index contributed by atoms with van der Waals surface area (Å²) in [7, 11) is 0. The molecule has 260 valence electrons. The summed E-state index contributed by atoms with van der Waals surface area (Å²) < 4.78 is 7.34. The average molecular weight is 694 g/mol. The molecular weight excluding hydrogens is 650 g/mol. The summed E-state index contributed by atoms with van der Waals surface area (Å²) in [4.78, 5) is 36.8. The van der Waals surface area contributed by atoms with Crippen molar-refractivity contribution in [2.45, 2.75) is 77.7 Å². The first-order valence-electron chi connectivity index (χ1n) is 17.3. The van der Waals surface area contributed by atoms with E-state index < -0.39 is 5.60 Å². The Bertz CT molecular complexity index is 2040. The number of carbonyl (C=O) groups is 2. The van der Waals surface area contributed by atoms with Gasteiger partial charge in [-0.25, -0.2) is 9.48 Å². The number of aromatic nitrogens is 4. The van der Waals surface area contributed by atoms with Crippen LogP contribution in [0, 0.1) is 0 Å². The largest absolute Gasteiger partial charge is 0.444 e. The first-order chi connectivity index (χ1) is 23.9. The normalized spacial score (nSPS) is 21.3. The fraction of sp³-hybridized carbons (Fsp3) is 0.385. The van der Waals surface area contributed by atoms with Gasteiger partial charge in [0.2, 0.25) is 0 Å². The van der Waals surface area contributed by atoms with Gasteiger partial charge in [0.15, 0.2) is 0 Å². The molecule has 2 aliphatic heterocycles. The Balaban J connectivity index is 1.10. The van der Waals surface area contributed by atoms with Gasteiger partial charge in [-0.1, -0.05) is 59.3 Å². The summed E-state index contributed by atoms with van der Waals surface area (Å²) >= 11 is 6.78. The molecule has 0 aliphatic carbocycles. The monoisotopic (exact) mass is 693 g/mol. The molecule has 1 saturated heterocycles. The van der Waals surface area contributed by atoms with Gasteiger partial charge in [-0.05, 0) is 83.0 Å². The summed E-state index contributed by atoms with van der Waals surface area (Å²) in [6.07, 6.45) is 1.63. The standard InChI is InChI=1S/C39H44ClN7O3/c1-24-19-44(38(49)50-39(4,5)6)20-25(2)45(24)21-28-22-47(43-42-28)29-13-11-12-27(18-29)37(48)46-23-32(30-14-7-9-16-33(30)40)35-31-15-8-10-17-34(31)41-36(35)26(46)3/h7-18,22,24-26,32,41H,19-21,23H2,1-6H3/t24-,25+,26?,32?. The quantitative estimate of drug-likeness (QED) is 0.204. The van der Waals surface area contributed by atoms with Crippen LogP contribution in [0.1, 0.15) is 86.4 Å². The van der Waals surface area contributed by atoms with Crippen molar-refractivity contribution in [2.75, 3.05) is 19.6 Å². The number of amides is 2. The van der Waals surface area contributed by atoms with Gasteiger partial charge in [0.25, 0.3) is 5.91 Å². The van der Waals surface area contributed by atoms with E-state index in [2.05, 4.69) is 65.2 Å². The molecule has 0 bridgehead atoms. The molecule has 1 fully saturated rings. The van der Waals surface area contributed by atoms with Gasteiger partial charge in [0, 0.05) is 71.4 Å². The van der Waals surface area contributed by atoms with Crippen LogP contribution in [0.5, 0.6) is 0 Å². The molecule has 5 aromatic rings. The fourth-order valence-electron chi connectivity index (χ4n) is 7.54. The third-order valence-corrected chi connectivity index (χ3v) is 10.3. The van der Waals surface area contributed by atoms with Crippen LogP contribution >= 0.6 is 11.6 Å². The Morgan fingerprint density at radius 1 is 0.940 bits per heavy atom. The molecule has 11 heteroatoms.